The summed E-state index contributed by atoms with van der Waals surface area (Å²) >= 11 is 0. The minimum Gasteiger partial charge on any atom is -0.494 e. The van der Waals surface area contributed by atoms with Gasteiger partial charge in [-0.3, -0.25) is 0 Å². The fourth-order valence-corrected chi connectivity index (χ4v) is 1.25. The van der Waals surface area contributed by atoms with Gasteiger partial charge in [-0.25, -0.2) is 0 Å². The minimum atomic E-state index is 0.153. The molecule has 0 bridgehead atoms. The third-order valence-electron chi connectivity index (χ3n) is 2.55. The summed E-state index contributed by atoms with van der Waals surface area (Å²) < 4.78 is 5.59. The molecule has 0 radical (unpaired) electrons. The van der Waals surface area contributed by atoms with Crippen molar-refractivity contribution in [1.82, 2.24) is 0 Å². The lowest BCUT2D eigenvalue weighted by atomic mass is 9.86. The van der Waals surface area contributed by atoms with Crippen LogP contribution in [0.5, 0.6) is 5.75 Å². The summed E-state index contributed by atoms with van der Waals surface area (Å²) in [5.41, 5.74) is 6.19. The van der Waals surface area contributed by atoms with Crippen LogP contribution in [-0.4, -0.2) is 12.6 Å². The van der Waals surface area contributed by atoms with Gasteiger partial charge in [0.2, 0.25) is 0 Å². The highest BCUT2D eigenvalue weighted by atomic mass is 16.5. The molecule has 0 aliphatic rings. The fraction of sp³-hybridized carbons (Fsp3) is 0.538. The van der Waals surface area contributed by atoms with Crippen molar-refractivity contribution >= 4 is 0 Å². The van der Waals surface area contributed by atoms with Gasteiger partial charge in [-0.05, 0) is 24.0 Å². The highest BCUT2D eigenvalue weighted by Crippen LogP contribution is 2.20. The third-order valence-corrected chi connectivity index (χ3v) is 2.55. The summed E-state index contributed by atoms with van der Waals surface area (Å²) in [4.78, 5) is 0. The lowest BCUT2D eigenvalue weighted by molar-refractivity contribution is 0.239. The first kappa shape index (κ1) is 12.1. The number of rotatable bonds is 4. The zero-order valence-corrected chi connectivity index (χ0v) is 9.86. The van der Waals surface area contributed by atoms with E-state index in [4.69, 9.17) is 10.5 Å². The van der Waals surface area contributed by atoms with E-state index in [0.717, 1.165) is 12.2 Å². The molecule has 1 aromatic rings. The Morgan fingerprint density at radius 2 is 1.80 bits per heavy atom. The number of hydrogen-bond donors (Lipinski definition) is 1. The van der Waals surface area contributed by atoms with Crippen molar-refractivity contribution in [2.75, 3.05) is 6.61 Å². The lowest BCUT2D eigenvalue weighted by Gasteiger charge is -2.26. The Morgan fingerprint density at radius 3 is 2.33 bits per heavy atom. The molecule has 0 aliphatic heterocycles. The molecule has 1 rings (SSSR count). The Hall–Kier alpha value is -1.02. The van der Waals surface area contributed by atoms with E-state index in [1.165, 1.54) is 0 Å². The van der Waals surface area contributed by atoms with Gasteiger partial charge in [0.1, 0.15) is 5.75 Å². The Kier molecular flexibility index (Phi) is 4.15. The van der Waals surface area contributed by atoms with Gasteiger partial charge >= 0.3 is 0 Å². The van der Waals surface area contributed by atoms with Gasteiger partial charge in [-0.2, -0.15) is 0 Å². The third kappa shape index (κ3) is 4.34. The van der Waals surface area contributed by atoms with E-state index in [0.29, 0.717) is 6.61 Å². The molecular weight excluding hydrogens is 186 g/mol. The molecule has 0 aromatic heterocycles. The van der Waals surface area contributed by atoms with E-state index in [2.05, 4.69) is 20.8 Å². The predicted octanol–water partition coefficient (Wildman–Crippen LogP) is 2.83. The largest absolute Gasteiger partial charge is 0.494 e. The van der Waals surface area contributed by atoms with Crippen molar-refractivity contribution in [2.24, 2.45) is 11.1 Å². The predicted molar refractivity (Wildman–Crippen MR) is 64.0 cm³/mol. The standard InChI is InChI=1S/C13H21NO/c1-13(2,3)12(14)9-10-15-11-7-5-4-6-8-11/h4-8,12H,9-10,14H2,1-3H3/t12-/m1/s1. The smallest absolute Gasteiger partial charge is 0.119 e. The highest BCUT2D eigenvalue weighted by Gasteiger charge is 2.19. The summed E-state index contributed by atoms with van der Waals surface area (Å²) in [7, 11) is 0. The van der Waals surface area contributed by atoms with Gasteiger partial charge in [0, 0.05) is 6.04 Å². The van der Waals surface area contributed by atoms with Crippen LogP contribution in [0.2, 0.25) is 0 Å². The molecule has 0 amide bonds. The van der Waals surface area contributed by atoms with Crippen molar-refractivity contribution in [2.45, 2.75) is 33.2 Å². The van der Waals surface area contributed by atoms with Gasteiger partial charge in [-0.1, -0.05) is 39.0 Å². The first-order chi connectivity index (χ1) is 7.00. The van der Waals surface area contributed by atoms with E-state index in [-0.39, 0.29) is 11.5 Å². The molecule has 15 heavy (non-hydrogen) atoms. The van der Waals surface area contributed by atoms with Gasteiger partial charge in [0.15, 0.2) is 0 Å². The Balaban J connectivity index is 2.28. The van der Waals surface area contributed by atoms with Crippen LogP contribution >= 0.6 is 0 Å². The molecule has 1 aromatic carbocycles. The second-order valence-electron chi connectivity index (χ2n) is 4.92. The molecule has 2 nitrogen and oxygen atoms in total. The minimum absolute atomic E-state index is 0.153. The normalized spacial score (nSPS) is 13.6. The Bertz CT molecular complexity index is 276. The van der Waals surface area contributed by atoms with E-state index < -0.39 is 0 Å². The van der Waals surface area contributed by atoms with Crippen LogP contribution in [0.3, 0.4) is 0 Å². The monoisotopic (exact) mass is 207 g/mol. The van der Waals surface area contributed by atoms with Gasteiger partial charge in [0.05, 0.1) is 6.61 Å². The van der Waals surface area contributed by atoms with E-state index in [9.17, 15) is 0 Å². The molecule has 2 N–H and O–H groups in total. The average Bonchev–Trinajstić information content (AvgIpc) is 2.18. The van der Waals surface area contributed by atoms with Crippen LogP contribution in [0.1, 0.15) is 27.2 Å². The summed E-state index contributed by atoms with van der Waals surface area (Å²) in [6.07, 6.45) is 0.887. The molecule has 1 atom stereocenters. The van der Waals surface area contributed by atoms with Crippen LogP contribution in [-0.2, 0) is 0 Å². The summed E-state index contributed by atoms with van der Waals surface area (Å²) in [6.45, 7) is 7.14. The molecule has 0 spiro atoms. The molecule has 0 aliphatic carbocycles. The second kappa shape index (κ2) is 5.17. The highest BCUT2D eigenvalue weighted by molar-refractivity contribution is 5.20. The first-order valence-electron chi connectivity index (χ1n) is 5.43. The molecule has 84 valence electrons. The van der Waals surface area contributed by atoms with Crippen LogP contribution in [0.4, 0.5) is 0 Å². The molecular formula is C13H21NO. The van der Waals surface area contributed by atoms with Crippen LogP contribution in [0.15, 0.2) is 30.3 Å². The lowest BCUT2D eigenvalue weighted by Crippen LogP contribution is -2.36. The zero-order valence-electron chi connectivity index (χ0n) is 9.86. The Morgan fingerprint density at radius 1 is 1.20 bits per heavy atom. The van der Waals surface area contributed by atoms with Crippen molar-refractivity contribution in [3.63, 3.8) is 0 Å². The number of hydrogen-bond acceptors (Lipinski definition) is 2. The van der Waals surface area contributed by atoms with Gasteiger partial charge in [0.25, 0.3) is 0 Å². The number of para-hydroxylation sites is 1. The van der Waals surface area contributed by atoms with E-state index >= 15 is 0 Å². The molecule has 0 heterocycles. The number of nitrogens with two attached hydrogens (primary N) is 1. The Labute approximate surface area is 92.4 Å². The molecule has 0 unspecified atom stereocenters. The fourth-order valence-electron chi connectivity index (χ4n) is 1.25. The number of ether oxygens (including phenoxy) is 1. The molecule has 0 fully saturated rings. The van der Waals surface area contributed by atoms with Crippen LogP contribution < -0.4 is 10.5 Å². The molecule has 0 saturated carbocycles. The summed E-state index contributed by atoms with van der Waals surface area (Å²) in [6, 6.07) is 10.0. The molecule has 2 heteroatoms. The second-order valence-corrected chi connectivity index (χ2v) is 4.92. The van der Waals surface area contributed by atoms with E-state index in [1.54, 1.807) is 0 Å². The van der Waals surface area contributed by atoms with Crippen LogP contribution in [0.25, 0.3) is 0 Å². The zero-order chi connectivity index (χ0) is 11.3. The topological polar surface area (TPSA) is 35.2 Å². The van der Waals surface area contributed by atoms with Crippen LogP contribution in [0, 0.1) is 5.41 Å². The van der Waals surface area contributed by atoms with E-state index in [1.807, 2.05) is 30.3 Å². The maximum atomic E-state index is 6.03. The van der Waals surface area contributed by atoms with Crippen molar-refractivity contribution in [3.8, 4) is 5.75 Å². The van der Waals surface area contributed by atoms with Crippen molar-refractivity contribution < 1.29 is 4.74 Å². The van der Waals surface area contributed by atoms with Crippen molar-refractivity contribution in [1.29, 1.82) is 0 Å². The summed E-state index contributed by atoms with van der Waals surface area (Å²) in [5, 5.41) is 0. The maximum absolute atomic E-state index is 6.03. The van der Waals surface area contributed by atoms with Gasteiger partial charge in [-0.15, -0.1) is 0 Å². The molecule has 0 saturated heterocycles. The van der Waals surface area contributed by atoms with Crippen molar-refractivity contribution in [3.05, 3.63) is 30.3 Å². The SMILES string of the molecule is CC(C)(C)[C@H](N)CCOc1ccccc1. The summed E-state index contributed by atoms with van der Waals surface area (Å²) in [5.74, 6) is 0.915. The average molecular weight is 207 g/mol. The number of benzene rings is 1. The van der Waals surface area contributed by atoms with Gasteiger partial charge < -0.3 is 10.5 Å². The quantitative estimate of drug-likeness (QED) is 0.824. The maximum Gasteiger partial charge on any atom is 0.119 e. The first-order valence-corrected chi connectivity index (χ1v) is 5.43.